The minimum atomic E-state index is 0.722. The van der Waals surface area contributed by atoms with Crippen molar-refractivity contribution in [3.8, 4) is 0 Å². The van der Waals surface area contributed by atoms with E-state index in [4.69, 9.17) is 11.5 Å². The van der Waals surface area contributed by atoms with Crippen molar-refractivity contribution in [2.75, 3.05) is 16.8 Å². The molecule has 5 N–H and O–H groups in total. The van der Waals surface area contributed by atoms with E-state index in [0.29, 0.717) is 0 Å². The van der Waals surface area contributed by atoms with E-state index in [1.54, 1.807) is 0 Å². The summed E-state index contributed by atoms with van der Waals surface area (Å²) in [5.74, 6) is 0. The summed E-state index contributed by atoms with van der Waals surface area (Å²) in [6, 6.07) is 15.2. The first-order valence-corrected chi connectivity index (χ1v) is 4.73. The fourth-order valence-electron chi connectivity index (χ4n) is 1.38. The molecule has 0 fully saturated rings. The molecule has 0 aliphatic rings. The maximum Gasteiger partial charge on any atom is 0.0617 e. The molecule has 0 aliphatic carbocycles. The summed E-state index contributed by atoms with van der Waals surface area (Å²) < 4.78 is 0. The van der Waals surface area contributed by atoms with Gasteiger partial charge in [-0.25, -0.2) is 0 Å². The van der Waals surface area contributed by atoms with Crippen LogP contribution in [0.5, 0.6) is 0 Å². The van der Waals surface area contributed by atoms with Gasteiger partial charge in [0.1, 0.15) is 0 Å². The van der Waals surface area contributed by atoms with Crippen LogP contribution in [0.2, 0.25) is 0 Å². The van der Waals surface area contributed by atoms with Gasteiger partial charge in [-0.3, -0.25) is 0 Å². The van der Waals surface area contributed by atoms with Crippen LogP contribution in [-0.2, 0) is 0 Å². The third-order valence-corrected chi connectivity index (χ3v) is 2.13. The van der Waals surface area contributed by atoms with Crippen molar-refractivity contribution < 1.29 is 0 Å². The molecule has 0 heterocycles. The Labute approximate surface area is 88.7 Å². The van der Waals surface area contributed by atoms with Gasteiger partial charge in [0.25, 0.3) is 0 Å². The average molecular weight is 199 g/mol. The summed E-state index contributed by atoms with van der Waals surface area (Å²) in [6.07, 6.45) is 0. The number of nitrogens with two attached hydrogens (primary N) is 2. The van der Waals surface area contributed by atoms with Gasteiger partial charge in [0.05, 0.1) is 11.4 Å². The molecule has 2 aromatic carbocycles. The van der Waals surface area contributed by atoms with Crippen molar-refractivity contribution in [2.24, 2.45) is 0 Å². The lowest BCUT2D eigenvalue weighted by atomic mass is 10.2. The number of benzene rings is 2. The van der Waals surface area contributed by atoms with Gasteiger partial charge in [-0.2, -0.15) is 0 Å². The van der Waals surface area contributed by atoms with Crippen LogP contribution in [0.1, 0.15) is 0 Å². The second-order valence-corrected chi connectivity index (χ2v) is 3.34. The van der Waals surface area contributed by atoms with Crippen LogP contribution in [0.4, 0.5) is 22.7 Å². The monoisotopic (exact) mass is 199 g/mol. The van der Waals surface area contributed by atoms with Crippen molar-refractivity contribution in [1.82, 2.24) is 0 Å². The summed E-state index contributed by atoms with van der Waals surface area (Å²) >= 11 is 0. The Balaban J connectivity index is 2.26. The van der Waals surface area contributed by atoms with Crippen LogP contribution in [0.3, 0.4) is 0 Å². The van der Waals surface area contributed by atoms with E-state index in [-0.39, 0.29) is 0 Å². The minimum Gasteiger partial charge on any atom is -0.399 e. The molecule has 0 saturated carbocycles. The third-order valence-electron chi connectivity index (χ3n) is 2.13. The highest BCUT2D eigenvalue weighted by Gasteiger charge is 1.97. The van der Waals surface area contributed by atoms with E-state index < -0.39 is 0 Å². The number of rotatable bonds is 2. The largest absolute Gasteiger partial charge is 0.399 e. The first kappa shape index (κ1) is 9.40. The normalized spacial score (nSPS) is 9.87. The van der Waals surface area contributed by atoms with Gasteiger partial charge in [0, 0.05) is 11.4 Å². The van der Waals surface area contributed by atoms with Gasteiger partial charge >= 0.3 is 0 Å². The predicted octanol–water partition coefficient (Wildman–Crippen LogP) is 2.59. The van der Waals surface area contributed by atoms with Crippen LogP contribution in [-0.4, -0.2) is 0 Å². The SMILES string of the molecule is Nc1cccc(Nc2ccccc2N)c1. The number of nitrogen functional groups attached to an aromatic ring is 2. The zero-order chi connectivity index (χ0) is 10.7. The van der Waals surface area contributed by atoms with E-state index in [2.05, 4.69) is 5.32 Å². The van der Waals surface area contributed by atoms with E-state index >= 15 is 0 Å². The molecule has 0 saturated heterocycles. The first-order chi connectivity index (χ1) is 7.25. The number of anilines is 4. The predicted molar refractivity (Wildman–Crippen MR) is 65.0 cm³/mol. The molecule has 2 rings (SSSR count). The first-order valence-electron chi connectivity index (χ1n) is 4.73. The standard InChI is InChI=1S/C12H13N3/c13-9-4-3-5-10(8-9)15-12-7-2-1-6-11(12)14/h1-8,15H,13-14H2. The van der Waals surface area contributed by atoms with E-state index in [9.17, 15) is 0 Å². The fraction of sp³-hybridized carbons (Fsp3) is 0. The fourth-order valence-corrected chi connectivity index (χ4v) is 1.38. The van der Waals surface area contributed by atoms with E-state index in [1.165, 1.54) is 0 Å². The lowest BCUT2D eigenvalue weighted by Gasteiger charge is -2.09. The van der Waals surface area contributed by atoms with Crippen molar-refractivity contribution in [3.63, 3.8) is 0 Å². The number of hydrogen-bond donors (Lipinski definition) is 3. The highest BCUT2D eigenvalue weighted by molar-refractivity contribution is 5.73. The molecule has 0 aromatic heterocycles. The van der Waals surface area contributed by atoms with E-state index in [1.807, 2.05) is 48.5 Å². The molecule has 0 unspecified atom stereocenters. The lowest BCUT2D eigenvalue weighted by Crippen LogP contribution is -1.96. The molecule has 2 aromatic rings. The zero-order valence-corrected chi connectivity index (χ0v) is 8.27. The molecular formula is C12H13N3. The quantitative estimate of drug-likeness (QED) is 0.651. The highest BCUT2D eigenvalue weighted by atomic mass is 14.9. The summed E-state index contributed by atoms with van der Waals surface area (Å²) in [5, 5.41) is 3.21. The summed E-state index contributed by atoms with van der Waals surface area (Å²) in [6.45, 7) is 0. The number of para-hydroxylation sites is 2. The molecule has 0 amide bonds. The number of nitrogens with one attached hydrogen (secondary N) is 1. The lowest BCUT2D eigenvalue weighted by molar-refractivity contribution is 1.54. The van der Waals surface area contributed by atoms with Gasteiger partial charge in [-0.15, -0.1) is 0 Å². The van der Waals surface area contributed by atoms with Crippen molar-refractivity contribution >= 4 is 22.7 Å². The van der Waals surface area contributed by atoms with Gasteiger partial charge in [0.2, 0.25) is 0 Å². The Bertz CT molecular complexity index is 466. The Morgan fingerprint density at radius 2 is 1.67 bits per heavy atom. The van der Waals surface area contributed by atoms with Crippen LogP contribution in [0.15, 0.2) is 48.5 Å². The highest BCUT2D eigenvalue weighted by Crippen LogP contribution is 2.23. The van der Waals surface area contributed by atoms with Crippen molar-refractivity contribution in [3.05, 3.63) is 48.5 Å². The van der Waals surface area contributed by atoms with Crippen LogP contribution in [0, 0.1) is 0 Å². The third kappa shape index (κ3) is 2.20. The van der Waals surface area contributed by atoms with Gasteiger partial charge in [-0.05, 0) is 30.3 Å². The van der Waals surface area contributed by atoms with Crippen LogP contribution in [0.25, 0.3) is 0 Å². The summed E-state index contributed by atoms with van der Waals surface area (Å²) in [4.78, 5) is 0. The minimum absolute atomic E-state index is 0.722. The molecule has 76 valence electrons. The van der Waals surface area contributed by atoms with Gasteiger partial charge in [-0.1, -0.05) is 18.2 Å². The molecule has 3 heteroatoms. The van der Waals surface area contributed by atoms with Gasteiger partial charge < -0.3 is 16.8 Å². The maximum atomic E-state index is 5.81. The Morgan fingerprint density at radius 1 is 0.867 bits per heavy atom. The molecule has 0 atom stereocenters. The summed E-state index contributed by atoms with van der Waals surface area (Å²) in [7, 11) is 0. The smallest absolute Gasteiger partial charge is 0.0617 e. The van der Waals surface area contributed by atoms with Crippen molar-refractivity contribution in [2.45, 2.75) is 0 Å². The molecule has 3 nitrogen and oxygen atoms in total. The zero-order valence-electron chi connectivity index (χ0n) is 8.27. The van der Waals surface area contributed by atoms with E-state index in [0.717, 1.165) is 22.7 Å². The topological polar surface area (TPSA) is 64.1 Å². The second-order valence-electron chi connectivity index (χ2n) is 3.34. The second kappa shape index (κ2) is 3.92. The van der Waals surface area contributed by atoms with Crippen LogP contribution >= 0.6 is 0 Å². The molecule has 0 spiro atoms. The van der Waals surface area contributed by atoms with Crippen molar-refractivity contribution in [1.29, 1.82) is 0 Å². The van der Waals surface area contributed by atoms with Gasteiger partial charge in [0.15, 0.2) is 0 Å². The number of hydrogen-bond acceptors (Lipinski definition) is 3. The average Bonchev–Trinajstić information content (AvgIpc) is 2.22. The maximum absolute atomic E-state index is 5.81. The Morgan fingerprint density at radius 3 is 2.40 bits per heavy atom. The molecule has 0 radical (unpaired) electrons. The molecule has 0 bridgehead atoms. The molecule has 0 aliphatic heterocycles. The Kier molecular flexibility index (Phi) is 2.46. The molecule has 15 heavy (non-hydrogen) atoms. The Hall–Kier alpha value is -2.16. The van der Waals surface area contributed by atoms with Crippen LogP contribution < -0.4 is 16.8 Å². The summed E-state index contributed by atoms with van der Waals surface area (Å²) in [5.41, 5.74) is 14.8. The molecular weight excluding hydrogens is 186 g/mol.